The predicted octanol–water partition coefficient (Wildman–Crippen LogP) is 2.06. The van der Waals surface area contributed by atoms with Gasteiger partial charge in [0.05, 0.1) is 25.5 Å². The van der Waals surface area contributed by atoms with Gasteiger partial charge in [-0.15, -0.1) is 0 Å². The van der Waals surface area contributed by atoms with Crippen LogP contribution in [0, 0.1) is 13.8 Å². The van der Waals surface area contributed by atoms with E-state index in [0.717, 1.165) is 36.7 Å². The van der Waals surface area contributed by atoms with E-state index >= 15 is 0 Å². The average Bonchev–Trinajstić information content (AvgIpc) is 3.07. The first kappa shape index (κ1) is 14.9. The van der Waals surface area contributed by atoms with E-state index in [4.69, 9.17) is 9.84 Å². The van der Waals surface area contributed by atoms with Crippen molar-refractivity contribution in [1.29, 1.82) is 0 Å². The number of fused-ring (bicyclic) bond motifs is 1. The average molecular weight is 301 g/mol. The maximum Gasteiger partial charge on any atom is 0.122 e. The number of aromatic nitrogens is 2. The van der Waals surface area contributed by atoms with Crippen LogP contribution in [0.5, 0.6) is 5.75 Å². The van der Waals surface area contributed by atoms with Crippen molar-refractivity contribution in [3.05, 3.63) is 40.7 Å². The number of hydrogen-bond donors (Lipinski definition) is 1. The normalized spacial score (nSPS) is 13.1. The molecule has 0 radical (unpaired) electrons. The highest BCUT2D eigenvalue weighted by Gasteiger charge is 2.16. The van der Waals surface area contributed by atoms with Gasteiger partial charge in [-0.25, -0.2) is 0 Å². The number of aliphatic hydroxyl groups excluding tert-OH is 1. The Bertz CT molecular complexity index is 679. The molecule has 2 heterocycles. The third-order valence-electron chi connectivity index (χ3n) is 4.35. The van der Waals surface area contributed by atoms with Gasteiger partial charge >= 0.3 is 0 Å². The Hall–Kier alpha value is -2.01. The zero-order chi connectivity index (χ0) is 15.7. The van der Waals surface area contributed by atoms with Crippen molar-refractivity contribution < 1.29 is 9.84 Å². The lowest BCUT2D eigenvalue weighted by Crippen LogP contribution is -2.17. The van der Waals surface area contributed by atoms with Gasteiger partial charge in [-0.1, -0.05) is 0 Å². The van der Waals surface area contributed by atoms with E-state index in [1.54, 1.807) is 0 Å². The van der Waals surface area contributed by atoms with E-state index in [1.807, 2.05) is 11.6 Å². The molecular formula is C17H23N3O2. The van der Waals surface area contributed by atoms with Crippen molar-refractivity contribution in [3.8, 4) is 5.75 Å². The van der Waals surface area contributed by atoms with Crippen LogP contribution in [0.15, 0.2) is 18.2 Å². The molecule has 0 aliphatic carbocycles. The molecule has 2 aromatic rings. The Kier molecular flexibility index (Phi) is 4.07. The zero-order valence-electron chi connectivity index (χ0n) is 13.5. The number of hydrogen-bond acceptors (Lipinski definition) is 4. The summed E-state index contributed by atoms with van der Waals surface area (Å²) >= 11 is 0. The molecule has 0 amide bonds. The second-order valence-electron chi connectivity index (χ2n) is 5.84. The molecule has 1 aliphatic heterocycles. The molecule has 1 aromatic carbocycles. The number of nitrogens with zero attached hydrogens (tertiary/aromatic N) is 3. The minimum atomic E-state index is 0.113. The van der Waals surface area contributed by atoms with Gasteiger partial charge in [-0.3, -0.25) is 4.68 Å². The van der Waals surface area contributed by atoms with E-state index in [2.05, 4.69) is 42.2 Å². The summed E-state index contributed by atoms with van der Waals surface area (Å²) in [6.07, 6.45) is 0.990. The van der Waals surface area contributed by atoms with E-state index in [9.17, 15) is 0 Å². The molecule has 5 heteroatoms. The van der Waals surface area contributed by atoms with Gasteiger partial charge in [0.1, 0.15) is 5.75 Å². The number of benzene rings is 1. The fraction of sp³-hybridized carbons (Fsp3) is 0.471. The summed E-state index contributed by atoms with van der Waals surface area (Å²) in [5.74, 6) is 1.01. The largest absolute Gasteiger partial charge is 0.493 e. The Morgan fingerprint density at radius 2 is 2.18 bits per heavy atom. The summed E-state index contributed by atoms with van der Waals surface area (Å²) in [5.41, 5.74) is 5.87. The smallest absolute Gasteiger partial charge is 0.122 e. The SMILES string of the molecule is Cc1nn(CCO)c(C)c1CN(C)c1ccc2c(c1)CCO2. The molecule has 0 atom stereocenters. The maximum absolute atomic E-state index is 9.11. The standard InChI is InChI=1S/C17H23N3O2/c1-12-16(13(2)20(18-12)7-8-21)11-19(3)15-4-5-17-14(10-15)6-9-22-17/h4-5,10,21H,6-9,11H2,1-3H3. The molecule has 0 unspecified atom stereocenters. The number of anilines is 1. The third kappa shape index (κ3) is 2.68. The number of aliphatic hydroxyl groups is 1. The lowest BCUT2D eigenvalue weighted by Gasteiger charge is -2.20. The molecule has 1 aromatic heterocycles. The van der Waals surface area contributed by atoms with Crippen molar-refractivity contribution in [3.63, 3.8) is 0 Å². The first-order valence-corrected chi connectivity index (χ1v) is 7.70. The van der Waals surface area contributed by atoms with Crippen molar-refractivity contribution in [2.45, 2.75) is 33.4 Å². The Morgan fingerprint density at radius 3 is 2.95 bits per heavy atom. The quantitative estimate of drug-likeness (QED) is 0.918. The highest BCUT2D eigenvalue weighted by molar-refractivity contribution is 5.54. The zero-order valence-corrected chi connectivity index (χ0v) is 13.5. The van der Waals surface area contributed by atoms with Crippen LogP contribution >= 0.6 is 0 Å². The van der Waals surface area contributed by atoms with Gasteiger partial charge in [0.25, 0.3) is 0 Å². The monoisotopic (exact) mass is 301 g/mol. The van der Waals surface area contributed by atoms with Gasteiger partial charge < -0.3 is 14.7 Å². The molecule has 3 rings (SSSR count). The third-order valence-corrected chi connectivity index (χ3v) is 4.35. The number of aryl methyl sites for hydroxylation is 1. The summed E-state index contributed by atoms with van der Waals surface area (Å²) in [6, 6.07) is 6.38. The van der Waals surface area contributed by atoms with Gasteiger partial charge in [0, 0.05) is 37.0 Å². The Labute approximate surface area is 131 Å². The molecule has 118 valence electrons. The van der Waals surface area contributed by atoms with Gasteiger partial charge in [-0.2, -0.15) is 5.10 Å². The van der Waals surface area contributed by atoms with E-state index < -0.39 is 0 Å². The molecule has 1 N–H and O–H groups in total. The minimum absolute atomic E-state index is 0.113. The molecule has 0 fully saturated rings. The van der Waals surface area contributed by atoms with E-state index in [-0.39, 0.29) is 6.61 Å². The van der Waals surface area contributed by atoms with Crippen LogP contribution in [0.2, 0.25) is 0 Å². The first-order valence-electron chi connectivity index (χ1n) is 7.70. The molecule has 0 saturated heterocycles. The molecular weight excluding hydrogens is 278 g/mol. The van der Waals surface area contributed by atoms with Crippen LogP contribution in [0.1, 0.15) is 22.5 Å². The van der Waals surface area contributed by atoms with Crippen LogP contribution in [0.3, 0.4) is 0 Å². The van der Waals surface area contributed by atoms with Crippen molar-refractivity contribution in [2.24, 2.45) is 0 Å². The van der Waals surface area contributed by atoms with Gasteiger partial charge in [-0.05, 0) is 37.6 Å². The lowest BCUT2D eigenvalue weighted by molar-refractivity contribution is 0.268. The second-order valence-corrected chi connectivity index (χ2v) is 5.84. The van der Waals surface area contributed by atoms with Crippen LogP contribution in [0.4, 0.5) is 5.69 Å². The first-order chi connectivity index (χ1) is 10.6. The summed E-state index contributed by atoms with van der Waals surface area (Å²) in [7, 11) is 2.10. The van der Waals surface area contributed by atoms with Crippen LogP contribution in [-0.4, -0.2) is 35.1 Å². The van der Waals surface area contributed by atoms with E-state index in [0.29, 0.717) is 6.54 Å². The van der Waals surface area contributed by atoms with Crippen molar-refractivity contribution in [1.82, 2.24) is 9.78 Å². The summed E-state index contributed by atoms with van der Waals surface area (Å²) in [5, 5.41) is 13.6. The summed E-state index contributed by atoms with van der Waals surface area (Å²) in [6.45, 7) is 6.35. The Morgan fingerprint density at radius 1 is 1.36 bits per heavy atom. The fourth-order valence-electron chi connectivity index (χ4n) is 3.01. The van der Waals surface area contributed by atoms with Crippen LogP contribution < -0.4 is 9.64 Å². The fourth-order valence-corrected chi connectivity index (χ4v) is 3.01. The highest BCUT2D eigenvalue weighted by atomic mass is 16.5. The molecule has 22 heavy (non-hydrogen) atoms. The molecule has 0 saturated carbocycles. The van der Waals surface area contributed by atoms with Crippen LogP contribution in [-0.2, 0) is 19.5 Å². The molecule has 5 nitrogen and oxygen atoms in total. The van der Waals surface area contributed by atoms with E-state index in [1.165, 1.54) is 16.8 Å². The maximum atomic E-state index is 9.11. The Balaban J connectivity index is 1.81. The lowest BCUT2D eigenvalue weighted by atomic mass is 10.1. The topological polar surface area (TPSA) is 50.5 Å². The molecule has 0 spiro atoms. The predicted molar refractivity (Wildman–Crippen MR) is 86.5 cm³/mol. The summed E-state index contributed by atoms with van der Waals surface area (Å²) in [4.78, 5) is 2.24. The second kappa shape index (κ2) is 6.01. The van der Waals surface area contributed by atoms with Gasteiger partial charge in [0.15, 0.2) is 0 Å². The van der Waals surface area contributed by atoms with Crippen LogP contribution in [0.25, 0.3) is 0 Å². The molecule has 1 aliphatic rings. The van der Waals surface area contributed by atoms with Gasteiger partial charge in [0.2, 0.25) is 0 Å². The summed E-state index contributed by atoms with van der Waals surface area (Å²) < 4.78 is 7.45. The van der Waals surface area contributed by atoms with Crippen molar-refractivity contribution in [2.75, 3.05) is 25.2 Å². The van der Waals surface area contributed by atoms with Crippen molar-refractivity contribution >= 4 is 5.69 Å². The molecule has 0 bridgehead atoms. The number of ether oxygens (including phenoxy) is 1. The highest BCUT2D eigenvalue weighted by Crippen LogP contribution is 2.30. The minimum Gasteiger partial charge on any atom is -0.493 e. The number of rotatable bonds is 5.